The Labute approximate surface area is 210 Å². The lowest BCUT2D eigenvalue weighted by atomic mass is 9.72. The normalized spacial score (nSPS) is 23.1. The van der Waals surface area contributed by atoms with E-state index in [1.165, 1.54) is 80.4 Å². The molecule has 34 heavy (non-hydrogen) atoms. The Balaban J connectivity index is 1.85. The molecule has 0 spiro atoms. The first-order valence-corrected chi connectivity index (χ1v) is 13.9. The van der Waals surface area contributed by atoms with E-state index in [-0.39, 0.29) is 0 Å². The zero-order valence-corrected chi connectivity index (χ0v) is 23.1. The highest BCUT2D eigenvalue weighted by molar-refractivity contribution is 6.02. The molecule has 0 bridgehead atoms. The Morgan fingerprint density at radius 1 is 1.18 bits per heavy atom. The van der Waals surface area contributed by atoms with Crippen LogP contribution in [0.4, 0.5) is 0 Å². The molecule has 1 saturated carbocycles. The minimum Gasteiger partial charge on any atom is -0.493 e. The molecule has 0 radical (unpaired) electrons. The van der Waals surface area contributed by atoms with Gasteiger partial charge in [0.25, 0.3) is 0 Å². The summed E-state index contributed by atoms with van der Waals surface area (Å²) in [7, 11) is 0. The van der Waals surface area contributed by atoms with Gasteiger partial charge in [0.15, 0.2) is 0 Å². The molecule has 2 fully saturated rings. The van der Waals surface area contributed by atoms with E-state index in [4.69, 9.17) is 9.73 Å². The molecule has 1 saturated heterocycles. The lowest BCUT2D eigenvalue weighted by Gasteiger charge is -2.43. The molecule has 3 nitrogen and oxygen atoms in total. The molecule has 0 N–H and O–H groups in total. The number of hydrogen-bond acceptors (Lipinski definition) is 3. The fraction of sp³-hybridized carbons (Fsp3) is 0.710. The number of benzene rings is 1. The highest BCUT2D eigenvalue weighted by Gasteiger charge is 2.34. The van der Waals surface area contributed by atoms with Crippen LogP contribution in [0.1, 0.15) is 97.6 Å². The second-order valence-electron chi connectivity index (χ2n) is 12.0. The van der Waals surface area contributed by atoms with Crippen LogP contribution in [0.15, 0.2) is 29.3 Å². The summed E-state index contributed by atoms with van der Waals surface area (Å²) in [5.41, 5.74) is 5.35. The molecule has 2 unspecified atom stereocenters. The second-order valence-corrected chi connectivity index (χ2v) is 12.0. The van der Waals surface area contributed by atoms with Crippen molar-refractivity contribution in [3.8, 4) is 5.75 Å². The Hall–Kier alpha value is -1.61. The molecule has 0 amide bonds. The molecule has 190 valence electrons. The predicted molar refractivity (Wildman–Crippen MR) is 148 cm³/mol. The van der Waals surface area contributed by atoms with Crippen molar-refractivity contribution in [2.45, 2.75) is 99.5 Å². The van der Waals surface area contributed by atoms with Crippen molar-refractivity contribution in [3.63, 3.8) is 0 Å². The summed E-state index contributed by atoms with van der Waals surface area (Å²) in [6, 6.07) is 7.03. The van der Waals surface area contributed by atoms with Crippen molar-refractivity contribution in [3.05, 3.63) is 35.4 Å². The second kappa shape index (κ2) is 12.4. The minimum absolute atomic E-state index is 0.355. The number of piperidine rings is 1. The average Bonchev–Trinajstić information content (AvgIpc) is 2.75. The van der Waals surface area contributed by atoms with Crippen molar-refractivity contribution in [2.24, 2.45) is 22.2 Å². The maximum atomic E-state index is 5.97. The van der Waals surface area contributed by atoms with Crippen LogP contribution in [0, 0.1) is 24.2 Å². The number of nitrogens with zero attached hydrogens (tertiary/aromatic N) is 2. The van der Waals surface area contributed by atoms with Crippen LogP contribution in [-0.4, -0.2) is 42.9 Å². The van der Waals surface area contributed by atoms with E-state index in [0.29, 0.717) is 18.1 Å². The summed E-state index contributed by atoms with van der Waals surface area (Å²) in [5.74, 6) is 2.55. The summed E-state index contributed by atoms with van der Waals surface area (Å²) in [6.07, 6.45) is 11.6. The number of likely N-dealkylation sites (tertiary alicyclic amines) is 1. The molecule has 2 aliphatic rings. The summed E-state index contributed by atoms with van der Waals surface area (Å²) < 4.78 is 5.97. The highest BCUT2D eigenvalue weighted by atomic mass is 16.5. The molecular formula is C31H50N2O. The van der Waals surface area contributed by atoms with Crippen molar-refractivity contribution in [2.75, 3.05) is 26.2 Å². The molecule has 3 heteroatoms. The van der Waals surface area contributed by atoms with Gasteiger partial charge in [0.05, 0.1) is 12.6 Å². The lowest BCUT2D eigenvalue weighted by molar-refractivity contribution is 0.0682. The molecule has 3 rings (SSSR count). The first-order valence-electron chi connectivity index (χ1n) is 13.9. The van der Waals surface area contributed by atoms with Gasteiger partial charge in [-0.05, 0) is 93.9 Å². The Morgan fingerprint density at radius 2 is 1.94 bits per heavy atom. The number of aliphatic imine (C=N–C) groups is 1. The van der Waals surface area contributed by atoms with Gasteiger partial charge in [-0.1, -0.05) is 52.2 Å². The van der Waals surface area contributed by atoms with Gasteiger partial charge in [0.2, 0.25) is 0 Å². The fourth-order valence-electron chi connectivity index (χ4n) is 5.43. The third kappa shape index (κ3) is 7.70. The fourth-order valence-corrected chi connectivity index (χ4v) is 5.43. The molecule has 0 aromatic heterocycles. The van der Waals surface area contributed by atoms with E-state index in [9.17, 15) is 0 Å². The van der Waals surface area contributed by atoms with Gasteiger partial charge in [-0.25, -0.2) is 0 Å². The standard InChI is InChI=1S/C31H50N2O/c1-8-10-12-25-19-26(31(5,6)7)21-33(20-25)22-28(32-27-13-11-14-27)18-24(4)29-17-23(3)15-16-30(29)34-9-2/h15-18,25-27H,8-14,19-22H2,1-7H3/b24-18+,32-28?. The largest absolute Gasteiger partial charge is 0.493 e. The third-order valence-corrected chi connectivity index (χ3v) is 7.86. The molecule has 1 aromatic carbocycles. The van der Waals surface area contributed by atoms with E-state index >= 15 is 0 Å². The number of hydrogen-bond donors (Lipinski definition) is 0. The quantitative estimate of drug-likeness (QED) is 0.327. The Kier molecular flexibility index (Phi) is 9.83. The zero-order chi connectivity index (χ0) is 24.7. The predicted octanol–water partition coefficient (Wildman–Crippen LogP) is 7.96. The van der Waals surface area contributed by atoms with Gasteiger partial charge in [-0.15, -0.1) is 0 Å². The Bertz CT molecular complexity index is 843. The van der Waals surface area contributed by atoms with E-state index in [1.54, 1.807) is 0 Å². The third-order valence-electron chi connectivity index (χ3n) is 7.86. The lowest BCUT2D eigenvalue weighted by Crippen LogP contribution is -2.46. The van der Waals surface area contributed by atoms with Crippen LogP contribution in [0.3, 0.4) is 0 Å². The van der Waals surface area contributed by atoms with Crippen LogP contribution in [0.5, 0.6) is 5.75 Å². The van der Waals surface area contributed by atoms with Gasteiger partial charge < -0.3 is 4.74 Å². The smallest absolute Gasteiger partial charge is 0.126 e. The van der Waals surface area contributed by atoms with Crippen LogP contribution in [0.25, 0.3) is 5.57 Å². The van der Waals surface area contributed by atoms with Crippen molar-refractivity contribution in [1.82, 2.24) is 4.90 Å². The average molecular weight is 467 g/mol. The zero-order valence-electron chi connectivity index (χ0n) is 23.1. The van der Waals surface area contributed by atoms with Gasteiger partial charge in [-0.2, -0.15) is 0 Å². The van der Waals surface area contributed by atoms with E-state index in [2.05, 4.69) is 77.6 Å². The first kappa shape index (κ1) is 27.0. The Morgan fingerprint density at radius 3 is 2.56 bits per heavy atom. The van der Waals surface area contributed by atoms with Crippen LogP contribution in [-0.2, 0) is 0 Å². The summed E-state index contributed by atoms with van der Waals surface area (Å²) >= 11 is 0. The van der Waals surface area contributed by atoms with E-state index in [1.807, 2.05) is 0 Å². The van der Waals surface area contributed by atoms with Crippen molar-refractivity contribution >= 4 is 11.3 Å². The van der Waals surface area contributed by atoms with Crippen molar-refractivity contribution in [1.29, 1.82) is 0 Å². The van der Waals surface area contributed by atoms with Crippen LogP contribution >= 0.6 is 0 Å². The number of unbranched alkanes of at least 4 members (excludes halogenated alkanes) is 1. The molecule has 1 heterocycles. The topological polar surface area (TPSA) is 24.8 Å². The number of allylic oxidation sites excluding steroid dienone is 1. The minimum atomic E-state index is 0.355. The van der Waals surface area contributed by atoms with Gasteiger partial charge in [-0.3, -0.25) is 9.89 Å². The van der Waals surface area contributed by atoms with E-state index < -0.39 is 0 Å². The molecular weight excluding hydrogens is 416 g/mol. The number of rotatable bonds is 10. The summed E-state index contributed by atoms with van der Waals surface area (Å²) in [5, 5.41) is 0. The summed E-state index contributed by atoms with van der Waals surface area (Å²) in [4.78, 5) is 7.99. The summed E-state index contributed by atoms with van der Waals surface area (Å²) in [6.45, 7) is 20.1. The number of ether oxygens (including phenoxy) is 1. The van der Waals surface area contributed by atoms with Gasteiger partial charge in [0.1, 0.15) is 5.75 Å². The van der Waals surface area contributed by atoms with Crippen molar-refractivity contribution < 1.29 is 4.74 Å². The van der Waals surface area contributed by atoms with Gasteiger partial charge >= 0.3 is 0 Å². The highest BCUT2D eigenvalue weighted by Crippen LogP contribution is 2.37. The maximum absolute atomic E-state index is 5.97. The monoisotopic (exact) mass is 466 g/mol. The van der Waals surface area contributed by atoms with Crippen LogP contribution in [0.2, 0.25) is 0 Å². The van der Waals surface area contributed by atoms with Gasteiger partial charge in [0, 0.05) is 30.9 Å². The van der Waals surface area contributed by atoms with E-state index in [0.717, 1.165) is 24.1 Å². The van der Waals surface area contributed by atoms with Crippen LogP contribution < -0.4 is 4.74 Å². The SMILES string of the molecule is CCCCC1CC(C(C)(C)C)CN(CC(/C=C(\C)c2cc(C)ccc2OCC)=NC2CCC2)C1. The number of aryl methyl sites for hydroxylation is 1. The first-order chi connectivity index (χ1) is 16.2. The molecule has 1 aliphatic carbocycles. The maximum Gasteiger partial charge on any atom is 0.126 e. The molecule has 1 aliphatic heterocycles. The molecule has 1 aromatic rings. The molecule has 2 atom stereocenters.